The van der Waals surface area contributed by atoms with Gasteiger partial charge in [0, 0.05) is 0 Å². The molecule has 1 aliphatic rings. The summed E-state index contributed by atoms with van der Waals surface area (Å²) >= 11 is 0.632. The molecule has 0 bridgehead atoms. The molecule has 1 saturated carbocycles. The van der Waals surface area contributed by atoms with Crippen LogP contribution in [0.15, 0.2) is 21.7 Å². The van der Waals surface area contributed by atoms with Crippen LogP contribution in [0.2, 0.25) is 0 Å². The van der Waals surface area contributed by atoms with Crippen molar-refractivity contribution in [3.8, 4) is 0 Å². The molecule has 0 amide bonds. The number of sulfonamides is 1. The Labute approximate surface area is 124 Å². The van der Waals surface area contributed by atoms with Crippen LogP contribution in [0.3, 0.4) is 0 Å². The van der Waals surface area contributed by atoms with Gasteiger partial charge in [-0.05, 0) is 11.4 Å². The van der Waals surface area contributed by atoms with E-state index in [2.05, 4.69) is 0 Å². The Morgan fingerprint density at radius 2 is 1.68 bits per heavy atom. The second-order valence-electron chi connectivity index (χ2n) is 4.77. The predicted octanol–water partition coefficient (Wildman–Crippen LogP) is 2.13. The molecule has 2 atom stereocenters. The van der Waals surface area contributed by atoms with Crippen LogP contribution in [0, 0.1) is 11.8 Å². The van der Waals surface area contributed by atoms with Crippen LogP contribution in [-0.4, -0.2) is 38.0 Å². The summed E-state index contributed by atoms with van der Waals surface area (Å²) in [6.07, 6.45) is -10.6. The van der Waals surface area contributed by atoms with Gasteiger partial charge in [0.25, 0.3) is 10.0 Å². The molecule has 2 rings (SSSR count). The first kappa shape index (κ1) is 17.5. The van der Waals surface area contributed by atoms with Crippen molar-refractivity contribution in [3.63, 3.8) is 0 Å². The molecule has 2 N–H and O–H groups in total. The molecule has 0 aliphatic heterocycles. The lowest BCUT2D eigenvalue weighted by molar-refractivity contribution is -0.191. The van der Waals surface area contributed by atoms with Crippen LogP contribution in [0.4, 0.5) is 26.3 Å². The lowest BCUT2D eigenvalue weighted by Gasteiger charge is -2.18. The number of aliphatic hydroxyl groups is 1. The number of hydrogen-bond acceptors (Lipinski definition) is 4. The van der Waals surface area contributed by atoms with Crippen LogP contribution in [0.1, 0.15) is 0 Å². The molecule has 0 radical (unpaired) electrons. The van der Waals surface area contributed by atoms with Gasteiger partial charge in [-0.1, -0.05) is 6.07 Å². The molecule has 126 valence electrons. The Morgan fingerprint density at radius 1 is 1.18 bits per heavy atom. The average molecular weight is 369 g/mol. The van der Waals surface area contributed by atoms with Gasteiger partial charge in [0.05, 0.1) is 24.0 Å². The first-order valence-electron chi connectivity index (χ1n) is 5.68. The van der Waals surface area contributed by atoms with E-state index in [1.54, 1.807) is 0 Å². The van der Waals surface area contributed by atoms with E-state index in [9.17, 15) is 34.8 Å². The summed E-state index contributed by atoms with van der Waals surface area (Å²) in [6, 6.07) is 2.31. The van der Waals surface area contributed by atoms with Gasteiger partial charge < -0.3 is 5.11 Å². The number of halogens is 6. The van der Waals surface area contributed by atoms with Crippen molar-refractivity contribution in [2.45, 2.75) is 22.1 Å². The number of aliphatic hydroxyl groups excluding tert-OH is 1. The minimum Gasteiger partial charge on any atom is -0.394 e. The minimum absolute atomic E-state index is 0.436. The highest BCUT2D eigenvalue weighted by molar-refractivity contribution is 7.91. The van der Waals surface area contributed by atoms with Gasteiger partial charge in [-0.3, -0.25) is 0 Å². The van der Waals surface area contributed by atoms with Gasteiger partial charge in [-0.25, -0.2) is 13.1 Å². The molecule has 12 heteroatoms. The molecule has 0 spiro atoms. The van der Waals surface area contributed by atoms with Gasteiger partial charge in [0.15, 0.2) is 0 Å². The monoisotopic (exact) mass is 369 g/mol. The highest BCUT2D eigenvalue weighted by Gasteiger charge is 2.83. The molecule has 22 heavy (non-hydrogen) atoms. The zero-order valence-corrected chi connectivity index (χ0v) is 12.1. The highest BCUT2D eigenvalue weighted by Crippen LogP contribution is 2.64. The van der Waals surface area contributed by atoms with E-state index >= 15 is 0 Å². The lowest BCUT2D eigenvalue weighted by atomic mass is 10.2. The van der Waals surface area contributed by atoms with E-state index in [1.165, 1.54) is 16.2 Å². The summed E-state index contributed by atoms with van der Waals surface area (Å²) in [5.41, 5.74) is -3.03. The van der Waals surface area contributed by atoms with E-state index in [1.807, 2.05) is 0 Å². The molecule has 2 unspecified atom stereocenters. The third kappa shape index (κ3) is 2.84. The van der Waals surface area contributed by atoms with Crippen LogP contribution in [-0.2, 0) is 10.0 Å². The van der Waals surface area contributed by atoms with Crippen molar-refractivity contribution >= 4 is 21.4 Å². The molecule has 1 aromatic rings. The normalized spacial score (nSPS) is 29.6. The molecule has 0 aromatic carbocycles. The highest BCUT2D eigenvalue weighted by atomic mass is 32.2. The SMILES string of the molecule is O=S(=O)(NC1(CO)C(C(F)(F)F)C1C(F)(F)F)c1cccs1. The quantitative estimate of drug-likeness (QED) is 0.799. The summed E-state index contributed by atoms with van der Waals surface area (Å²) in [6.45, 7) is -1.62. The second kappa shape index (κ2) is 5.08. The molecule has 1 heterocycles. The Balaban J connectivity index is 2.41. The van der Waals surface area contributed by atoms with Crippen LogP contribution >= 0.6 is 11.3 Å². The number of hydrogen-bond donors (Lipinski definition) is 2. The second-order valence-corrected chi connectivity index (χ2v) is 7.63. The lowest BCUT2D eigenvalue weighted by Crippen LogP contribution is -2.45. The van der Waals surface area contributed by atoms with Crippen LogP contribution < -0.4 is 4.72 Å². The third-order valence-corrected chi connectivity index (χ3v) is 6.31. The van der Waals surface area contributed by atoms with Crippen molar-refractivity contribution in [2.24, 2.45) is 11.8 Å². The van der Waals surface area contributed by atoms with Gasteiger partial charge in [0.2, 0.25) is 0 Å². The van der Waals surface area contributed by atoms with Gasteiger partial charge in [0.1, 0.15) is 4.21 Å². The van der Waals surface area contributed by atoms with E-state index in [0.717, 1.165) is 6.07 Å². The summed E-state index contributed by atoms with van der Waals surface area (Å²) in [5.74, 6) is -6.06. The Morgan fingerprint density at radius 3 is 2.00 bits per heavy atom. The number of thiophene rings is 1. The maximum Gasteiger partial charge on any atom is 0.394 e. The largest absolute Gasteiger partial charge is 0.394 e. The standard InChI is InChI=1S/C10H9F6NO3S2/c11-9(12,13)6-7(10(14,15)16)8(6,4-18)17-22(19,20)5-2-1-3-21-5/h1-3,6-7,17-18H,4H2. The summed E-state index contributed by atoms with van der Waals surface area (Å²) in [7, 11) is -4.60. The van der Waals surface area contributed by atoms with Gasteiger partial charge in [-0.15, -0.1) is 11.3 Å². The van der Waals surface area contributed by atoms with Crippen molar-refractivity contribution in [3.05, 3.63) is 17.5 Å². The first-order valence-corrected chi connectivity index (χ1v) is 8.04. The fraction of sp³-hybridized carbons (Fsp3) is 0.600. The fourth-order valence-corrected chi connectivity index (χ4v) is 4.90. The smallest absolute Gasteiger partial charge is 0.394 e. The number of nitrogens with one attached hydrogen (secondary N) is 1. The van der Waals surface area contributed by atoms with Crippen LogP contribution in [0.25, 0.3) is 0 Å². The maximum absolute atomic E-state index is 12.8. The Hall–Kier alpha value is -0.850. The predicted molar refractivity (Wildman–Crippen MR) is 63.5 cm³/mol. The van der Waals surface area contributed by atoms with Crippen molar-refractivity contribution in [1.82, 2.24) is 4.72 Å². The van der Waals surface area contributed by atoms with Gasteiger partial charge in [-0.2, -0.15) is 26.3 Å². The van der Waals surface area contributed by atoms with Gasteiger partial charge >= 0.3 is 12.4 Å². The van der Waals surface area contributed by atoms with E-state index in [-0.39, 0.29) is 0 Å². The zero-order valence-electron chi connectivity index (χ0n) is 10.4. The van der Waals surface area contributed by atoms with Crippen molar-refractivity contribution in [1.29, 1.82) is 0 Å². The molecular weight excluding hydrogens is 360 g/mol. The number of alkyl halides is 6. The fourth-order valence-electron chi connectivity index (χ4n) is 2.47. The minimum atomic E-state index is -5.30. The average Bonchev–Trinajstić information content (AvgIpc) is 2.75. The summed E-state index contributed by atoms with van der Waals surface area (Å²) in [4.78, 5) is 0. The van der Waals surface area contributed by atoms with E-state index in [0.29, 0.717) is 11.3 Å². The topological polar surface area (TPSA) is 66.4 Å². The molecule has 1 aromatic heterocycles. The van der Waals surface area contributed by atoms with Crippen molar-refractivity contribution < 1.29 is 39.9 Å². The van der Waals surface area contributed by atoms with Crippen LogP contribution in [0.5, 0.6) is 0 Å². The Bertz CT molecular complexity index is 617. The third-order valence-electron chi connectivity index (χ3n) is 3.39. The van der Waals surface area contributed by atoms with E-state index in [4.69, 9.17) is 5.11 Å². The van der Waals surface area contributed by atoms with Crippen molar-refractivity contribution in [2.75, 3.05) is 6.61 Å². The molecule has 4 nitrogen and oxygen atoms in total. The molecule has 1 aliphatic carbocycles. The first-order chi connectivity index (χ1) is 9.86. The maximum atomic E-state index is 12.8. The molecular formula is C10H9F6NO3S2. The number of rotatable bonds is 4. The zero-order chi connectivity index (χ0) is 17.0. The van der Waals surface area contributed by atoms with E-state index < -0.39 is 50.6 Å². The molecule has 1 fully saturated rings. The summed E-state index contributed by atoms with van der Waals surface area (Å²) in [5, 5.41) is 10.4. The Kier molecular flexibility index (Phi) is 4.04. The summed E-state index contributed by atoms with van der Waals surface area (Å²) < 4.78 is 101. The molecule has 0 saturated heterocycles.